The first-order chi connectivity index (χ1) is 12.5. The number of carbonyl (C=O) groups is 1. The third kappa shape index (κ3) is 2.97. The molecule has 0 radical (unpaired) electrons. The highest BCUT2D eigenvalue weighted by molar-refractivity contribution is 7.09. The van der Waals surface area contributed by atoms with Gasteiger partial charge in [0.2, 0.25) is 0 Å². The predicted octanol–water partition coefficient (Wildman–Crippen LogP) is 3.72. The second-order valence-corrected chi connectivity index (χ2v) is 6.68. The molecule has 128 valence electrons. The fourth-order valence-electron chi connectivity index (χ4n) is 2.94. The second-order valence-electron chi connectivity index (χ2n) is 5.74. The fraction of sp³-hybridized carbons (Fsp3) is 0.158. The lowest BCUT2D eigenvalue weighted by molar-refractivity contribution is 0.0691. The highest BCUT2D eigenvalue weighted by Gasteiger charge is 2.20. The molecule has 0 bridgehead atoms. The zero-order valence-corrected chi connectivity index (χ0v) is 15.0. The normalized spacial score (nSPS) is 10.3. The van der Waals surface area contributed by atoms with Crippen molar-refractivity contribution in [1.29, 1.82) is 10.5 Å². The summed E-state index contributed by atoms with van der Waals surface area (Å²) in [5.41, 5.74) is 4.55. The summed E-state index contributed by atoms with van der Waals surface area (Å²) in [4.78, 5) is 15.1. The first kappa shape index (κ1) is 17.4. The number of nitriles is 2. The van der Waals surface area contributed by atoms with Crippen LogP contribution in [0.4, 0.5) is 0 Å². The molecule has 0 aliphatic heterocycles. The van der Waals surface area contributed by atoms with Crippen molar-refractivity contribution in [3.8, 4) is 23.3 Å². The molecule has 0 unspecified atom stereocenters. The highest BCUT2D eigenvalue weighted by atomic mass is 32.1. The van der Waals surface area contributed by atoms with Gasteiger partial charge in [0, 0.05) is 22.3 Å². The van der Waals surface area contributed by atoms with Crippen LogP contribution in [0.1, 0.15) is 38.0 Å². The number of benzene rings is 1. The maximum atomic E-state index is 11.0. The molecule has 0 aliphatic carbocycles. The summed E-state index contributed by atoms with van der Waals surface area (Å²) >= 11 is 1.28. The van der Waals surface area contributed by atoms with Crippen molar-refractivity contribution >= 4 is 17.3 Å². The van der Waals surface area contributed by atoms with Crippen LogP contribution in [-0.2, 0) is 6.54 Å². The van der Waals surface area contributed by atoms with Gasteiger partial charge in [-0.1, -0.05) is 12.1 Å². The van der Waals surface area contributed by atoms with Crippen molar-refractivity contribution in [3.63, 3.8) is 0 Å². The van der Waals surface area contributed by atoms with Crippen LogP contribution in [0.15, 0.2) is 29.6 Å². The van der Waals surface area contributed by atoms with Gasteiger partial charge in [-0.15, -0.1) is 11.3 Å². The van der Waals surface area contributed by atoms with Crippen molar-refractivity contribution in [3.05, 3.63) is 62.9 Å². The Hall–Kier alpha value is -3.42. The molecule has 0 spiro atoms. The van der Waals surface area contributed by atoms with E-state index < -0.39 is 5.97 Å². The van der Waals surface area contributed by atoms with Crippen molar-refractivity contribution in [1.82, 2.24) is 9.55 Å². The van der Waals surface area contributed by atoms with Crippen LogP contribution in [-0.4, -0.2) is 20.6 Å². The SMILES string of the molecule is Cc1c(C#N)c(-c2ccc(C#N)cc2)c(C)n1Cc1nc(C(=O)O)cs1. The lowest BCUT2D eigenvalue weighted by atomic mass is 10.0. The van der Waals surface area contributed by atoms with Gasteiger partial charge >= 0.3 is 5.97 Å². The molecule has 6 nitrogen and oxygen atoms in total. The van der Waals surface area contributed by atoms with E-state index in [0.29, 0.717) is 22.7 Å². The summed E-state index contributed by atoms with van der Waals surface area (Å²) in [5, 5.41) is 29.8. The number of carboxylic acid groups (broad SMARTS) is 1. The fourth-order valence-corrected chi connectivity index (χ4v) is 3.69. The Bertz CT molecular complexity index is 1080. The molecule has 3 rings (SSSR count). The van der Waals surface area contributed by atoms with Crippen LogP contribution in [0, 0.1) is 36.5 Å². The standard InChI is InChI=1S/C19H14N4O2S/c1-11-15(8-21)18(14-5-3-13(7-20)4-6-14)12(2)23(11)9-17-22-16(10-26-17)19(24)25/h3-6,10H,9H2,1-2H3,(H,24,25). The van der Waals surface area contributed by atoms with Crippen LogP contribution in [0.25, 0.3) is 11.1 Å². The first-order valence-corrected chi connectivity index (χ1v) is 8.62. The monoisotopic (exact) mass is 362 g/mol. The van der Waals surface area contributed by atoms with Gasteiger partial charge in [0.15, 0.2) is 5.69 Å². The third-order valence-corrected chi connectivity index (χ3v) is 5.10. The lowest BCUT2D eigenvalue weighted by Gasteiger charge is -2.08. The molecule has 26 heavy (non-hydrogen) atoms. The van der Waals surface area contributed by atoms with E-state index in [2.05, 4.69) is 17.1 Å². The number of nitrogens with zero attached hydrogens (tertiary/aromatic N) is 4. The average molecular weight is 362 g/mol. The van der Waals surface area contributed by atoms with E-state index in [9.17, 15) is 10.1 Å². The van der Waals surface area contributed by atoms with E-state index in [4.69, 9.17) is 10.4 Å². The summed E-state index contributed by atoms with van der Waals surface area (Å²) in [7, 11) is 0. The van der Waals surface area contributed by atoms with Gasteiger partial charge in [0.25, 0.3) is 0 Å². The van der Waals surface area contributed by atoms with Gasteiger partial charge < -0.3 is 9.67 Å². The number of rotatable bonds is 4. The van der Waals surface area contributed by atoms with Crippen molar-refractivity contribution < 1.29 is 9.90 Å². The molecule has 0 saturated carbocycles. The van der Waals surface area contributed by atoms with Gasteiger partial charge in [-0.3, -0.25) is 0 Å². The molecule has 0 atom stereocenters. The highest BCUT2D eigenvalue weighted by Crippen LogP contribution is 2.32. The van der Waals surface area contributed by atoms with Crippen LogP contribution in [0.5, 0.6) is 0 Å². The Morgan fingerprint density at radius 2 is 1.88 bits per heavy atom. The second kappa shape index (κ2) is 6.83. The van der Waals surface area contributed by atoms with E-state index in [1.54, 1.807) is 12.1 Å². The zero-order valence-electron chi connectivity index (χ0n) is 14.1. The molecule has 0 amide bonds. The molecule has 0 aliphatic rings. The van der Waals surface area contributed by atoms with E-state index in [1.807, 2.05) is 30.5 Å². The van der Waals surface area contributed by atoms with Crippen LogP contribution < -0.4 is 0 Å². The summed E-state index contributed by atoms with van der Waals surface area (Å²) in [6, 6.07) is 11.5. The maximum Gasteiger partial charge on any atom is 0.355 e. The zero-order chi connectivity index (χ0) is 18.8. The minimum absolute atomic E-state index is 0.0280. The van der Waals surface area contributed by atoms with E-state index in [1.165, 1.54) is 16.7 Å². The average Bonchev–Trinajstić information content (AvgIpc) is 3.20. The quantitative estimate of drug-likeness (QED) is 0.762. The third-order valence-electron chi connectivity index (χ3n) is 4.26. The van der Waals surface area contributed by atoms with Crippen molar-refractivity contribution in [2.45, 2.75) is 20.4 Å². The smallest absolute Gasteiger partial charge is 0.355 e. The molecule has 2 heterocycles. The van der Waals surface area contributed by atoms with Gasteiger partial charge in [0.05, 0.1) is 23.7 Å². The van der Waals surface area contributed by atoms with Gasteiger partial charge in [-0.05, 0) is 31.5 Å². The molecule has 7 heteroatoms. The molecule has 0 saturated heterocycles. The number of hydrogen-bond acceptors (Lipinski definition) is 5. The molecule has 1 N–H and O–H groups in total. The van der Waals surface area contributed by atoms with Gasteiger partial charge in [-0.2, -0.15) is 10.5 Å². The summed E-state index contributed by atoms with van der Waals surface area (Å²) < 4.78 is 1.97. The molecule has 2 aromatic heterocycles. The largest absolute Gasteiger partial charge is 0.476 e. The molecular weight excluding hydrogens is 348 g/mol. The number of aromatic nitrogens is 2. The summed E-state index contributed by atoms with van der Waals surface area (Å²) in [6.45, 7) is 4.19. The van der Waals surface area contributed by atoms with E-state index in [-0.39, 0.29) is 5.69 Å². The number of carboxylic acids is 1. The lowest BCUT2D eigenvalue weighted by Crippen LogP contribution is -2.05. The number of aromatic carboxylic acids is 1. The van der Waals surface area contributed by atoms with Crippen molar-refractivity contribution in [2.75, 3.05) is 0 Å². The van der Waals surface area contributed by atoms with Crippen molar-refractivity contribution in [2.24, 2.45) is 0 Å². The first-order valence-electron chi connectivity index (χ1n) is 7.74. The van der Waals surface area contributed by atoms with Crippen LogP contribution >= 0.6 is 11.3 Å². The minimum Gasteiger partial charge on any atom is -0.476 e. The Morgan fingerprint density at radius 1 is 1.19 bits per heavy atom. The Kier molecular flexibility index (Phi) is 4.57. The molecule has 0 fully saturated rings. The van der Waals surface area contributed by atoms with Gasteiger partial charge in [-0.25, -0.2) is 9.78 Å². The molecule has 3 aromatic rings. The van der Waals surface area contributed by atoms with E-state index >= 15 is 0 Å². The maximum absolute atomic E-state index is 11.0. The molecule has 1 aromatic carbocycles. The summed E-state index contributed by atoms with van der Waals surface area (Å²) in [6.07, 6.45) is 0. The van der Waals surface area contributed by atoms with Crippen LogP contribution in [0.2, 0.25) is 0 Å². The Morgan fingerprint density at radius 3 is 2.42 bits per heavy atom. The Labute approximate surface area is 154 Å². The molecular formula is C19H14N4O2S. The predicted molar refractivity (Wildman–Crippen MR) is 96.9 cm³/mol. The number of hydrogen-bond donors (Lipinski definition) is 1. The number of thiazole rings is 1. The topological polar surface area (TPSA) is 103 Å². The minimum atomic E-state index is -1.05. The summed E-state index contributed by atoms with van der Waals surface area (Å²) in [5.74, 6) is -1.05. The Balaban J connectivity index is 2.07. The van der Waals surface area contributed by atoms with Crippen LogP contribution in [0.3, 0.4) is 0 Å². The van der Waals surface area contributed by atoms with E-state index in [0.717, 1.165) is 22.5 Å². The van der Waals surface area contributed by atoms with Gasteiger partial charge in [0.1, 0.15) is 11.1 Å².